The van der Waals surface area contributed by atoms with Crippen LogP contribution in [-0.4, -0.2) is 23.5 Å². The van der Waals surface area contributed by atoms with Crippen LogP contribution >= 0.6 is 11.3 Å². The standard InChI is InChI=1S/C16H23NO3S/c18-15(5-1-3-14-4-2-10-21-14)17-11-12-6-8-13(9-7-12)16(19)20/h2,4,10,12-13H,1,3,5-9,11H2,(H,17,18)(H,19,20). The number of thiophene rings is 1. The highest BCUT2D eigenvalue weighted by atomic mass is 32.1. The molecule has 2 N–H and O–H groups in total. The minimum absolute atomic E-state index is 0.118. The van der Waals surface area contributed by atoms with Crippen LogP contribution in [0.25, 0.3) is 0 Å². The van der Waals surface area contributed by atoms with Gasteiger partial charge >= 0.3 is 5.97 Å². The molecule has 2 rings (SSSR count). The van der Waals surface area contributed by atoms with Gasteiger partial charge in [-0.15, -0.1) is 11.3 Å². The van der Waals surface area contributed by atoms with Crippen molar-refractivity contribution in [3.63, 3.8) is 0 Å². The number of hydrogen-bond donors (Lipinski definition) is 2. The summed E-state index contributed by atoms with van der Waals surface area (Å²) in [7, 11) is 0. The molecule has 21 heavy (non-hydrogen) atoms. The molecule has 0 aromatic carbocycles. The van der Waals surface area contributed by atoms with Crippen molar-refractivity contribution >= 4 is 23.2 Å². The third kappa shape index (κ3) is 5.50. The zero-order valence-electron chi connectivity index (χ0n) is 12.2. The van der Waals surface area contributed by atoms with Gasteiger partial charge in [0.15, 0.2) is 0 Å². The molecular formula is C16H23NO3S. The Balaban J connectivity index is 1.56. The molecule has 116 valence electrons. The van der Waals surface area contributed by atoms with Crippen LogP contribution in [0.5, 0.6) is 0 Å². The SMILES string of the molecule is O=C(CCCc1cccs1)NCC1CCC(C(=O)O)CC1. The van der Waals surface area contributed by atoms with Crippen LogP contribution in [0.3, 0.4) is 0 Å². The van der Waals surface area contributed by atoms with E-state index in [1.807, 2.05) is 6.07 Å². The second-order valence-electron chi connectivity index (χ2n) is 5.79. The Kier molecular flexibility index (Phi) is 6.23. The number of carbonyl (C=O) groups is 2. The smallest absolute Gasteiger partial charge is 0.306 e. The molecule has 1 aliphatic carbocycles. The zero-order valence-corrected chi connectivity index (χ0v) is 13.0. The zero-order chi connectivity index (χ0) is 15.1. The first kappa shape index (κ1) is 16.0. The van der Waals surface area contributed by atoms with E-state index in [2.05, 4.69) is 16.8 Å². The number of carboxylic acids is 1. The van der Waals surface area contributed by atoms with Gasteiger partial charge in [0.2, 0.25) is 5.91 Å². The third-order valence-electron chi connectivity index (χ3n) is 4.19. The minimum atomic E-state index is -0.675. The molecule has 0 unspecified atom stereocenters. The number of aliphatic carboxylic acids is 1. The summed E-state index contributed by atoms with van der Waals surface area (Å²) in [6.45, 7) is 0.699. The van der Waals surface area contributed by atoms with E-state index in [-0.39, 0.29) is 11.8 Å². The van der Waals surface area contributed by atoms with Gasteiger partial charge in [0.05, 0.1) is 5.92 Å². The van der Waals surface area contributed by atoms with E-state index in [0.29, 0.717) is 18.9 Å². The predicted molar refractivity (Wildman–Crippen MR) is 83.4 cm³/mol. The minimum Gasteiger partial charge on any atom is -0.481 e. The van der Waals surface area contributed by atoms with E-state index in [1.54, 1.807) is 11.3 Å². The molecule has 0 aliphatic heterocycles. The van der Waals surface area contributed by atoms with E-state index < -0.39 is 5.97 Å². The normalized spacial score (nSPS) is 21.9. The number of hydrogen-bond acceptors (Lipinski definition) is 3. The Morgan fingerprint density at radius 1 is 1.29 bits per heavy atom. The molecule has 0 spiro atoms. The molecule has 0 atom stereocenters. The average Bonchev–Trinajstić information content (AvgIpc) is 2.99. The van der Waals surface area contributed by atoms with Crippen molar-refractivity contribution in [1.29, 1.82) is 0 Å². The van der Waals surface area contributed by atoms with Crippen LogP contribution in [0, 0.1) is 11.8 Å². The Morgan fingerprint density at radius 3 is 2.67 bits per heavy atom. The molecule has 1 aromatic rings. The van der Waals surface area contributed by atoms with Crippen LogP contribution in [0.15, 0.2) is 17.5 Å². The quantitative estimate of drug-likeness (QED) is 0.813. The van der Waals surface area contributed by atoms with E-state index in [9.17, 15) is 9.59 Å². The van der Waals surface area contributed by atoms with Gasteiger partial charge < -0.3 is 10.4 Å². The number of aryl methyl sites for hydroxylation is 1. The van der Waals surface area contributed by atoms with Gasteiger partial charge in [0.25, 0.3) is 0 Å². The highest BCUT2D eigenvalue weighted by Gasteiger charge is 2.25. The van der Waals surface area contributed by atoms with Crippen LogP contribution in [-0.2, 0) is 16.0 Å². The predicted octanol–water partition coefficient (Wildman–Crippen LogP) is 3.08. The molecule has 1 fully saturated rings. The lowest BCUT2D eigenvalue weighted by Gasteiger charge is -2.26. The Hall–Kier alpha value is -1.36. The maximum absolute atomic E-state index is 11.8. The van der Waals surface area contributed by atoms with E-state index in [1.165, 1.54) is 4.88 Å². The fraction of sp³-hybridized carbons (Fsp3) is 0.625. The lowest BCUT2D eigenvalue weighted by Crippen LogP contribution is -2.32. The van der Waals surface area contributed by atoms with Crippen molar-refractivity contribution in [2.45, 2.75) is 44.9 Å². The summed E-state index contributed by atoms with van der Waals surface area (Å²) in [6, 6.07) is 4.14. The molecule has 4 nitrogen and oxygen atoms in total. The van der Waals surface area contributed by atoms with Gasteiger partial charge in [-0.2, -0.15) is 0 Å². The molecular weight excluding hydrogens is 286 g/mol. The topological polar surface area (TPSA) is 66.4 Å². The third-order valence-corrected chi connectivity index (χ3v) is 5.13. The average molecular weight is 309 g/mol. The van der Waals surface area contributed by atoms with Gasteiger partial charge in [-0.3, -0.25) is 9.59 Å². The first-order chi connectivity index (χ1) is 10.1. The van der Waals surface area contributed by atoms with Gasteiger partial charge in [-0.05, 0) is 55.9 Å². The van der Waals surface area contributed by atoms with Crippen molar-refractivity contribution in [2.24, 2.45) is 11.8 Å². The van der Waals surface area contributed by atoms with E-state index in [4.69, 9.17) is 5.11 Å². The molecule has 0 bridgehead atoms. The van der Waals surface area contributed by atoms with Crippen LogP contribution in [0.1, 0.15) is 43.4 Å². The number of amides is 1. The summed E-state index contributed by atoms with van der Waals surface area (Å²) >= 11 is 1.73. The Morgan fingerprint density at radius 2 is 2.05 bits per heavy atom. The molecule has 1 aliphatic rings. The molecule has 1 saturated carbocycles. The van der Waals surface area contributed by atoms with E-state index in [0.717, 1.165) is 38.5 Å². The second kappa shape index (κ2) is 8.17. The number of rotatable bonds is 7. The van der Waals surface area contributed by atoms with Crippen molar-refractivity contribution in [1.82, 2.24) is 5.32 Å². The van der Waals surface area contributed by atoms with Crippen molar-refractivity contribution < 1.29 is 14.7 Å². The fourth-order valence-corrected chi connectivity index (χ4v) is 3.59. The van der Waals surface area contributed by atoms with Gasteiger partial charge in [-0.1, -0.05) is 6.07 Å². The fourth-order valence-electron chi connectivity index (χ4n) is 2.84. The summed E-state index contributed by atoms with van der Waals surface area (Å²) < 4.78 is 0. The van der Waals surface area contributed by atoms with Crippen LogP contribution in [0.2, 0.25) is 0 Å². The maximum Gasteiger partial charge on any atom is 0.306 e. The number of carboxylic acid groups (broad SMARTS) is 1. The lowest BCUT2D eigenvalue weighted by molar-refractivity contribution is -0.143. The molecule has 0 radical (unpaired) electrons. The molecule has 1 aromatic heterocycles. The Labute approximate surface area is 129 Å². The molecule has 1 amide bonds. The van der Waals surface area contributed by atoms with Gasteiger partial charge in [0, 0.05) is 17.8 Å². The largest absolute Gasteiger partial charge is 0.481 e. The van der Waals surface area contributed by atoms with Gasteiger partial charge in [0.1, 0.15) is 0 Å². The van der Waals surface area contributed by atoms with Crippen LogP contribution < -0.4 is 5.32 Å². The summed E-state index contributed by atoms with van der Waals surface area (Å²) in [5.41, 5.74) is 0. The Bertz CT molecular complexity index is 450. The van der Waals surface area contributed by atoms with Crippen LogP contribution in [0.4, 0.5) is 0 Å². The lowest BCUT2D eigenvalue weighted by atomic mass is 9.82. The second-order valence-corrected chi connectivity index (χ2v) is 6.83. The summed E-state index contributed by atoms with van der Waals surface area (Å²) in [6.07, 6.45) is 5.73. The summed E-state index contributed by atoms with van der Waals surface area (Å²) in [5.74, 6) is -0.289. The number of nitrogens with one attached hydrogen (secondary N) is 1. The first-order valence-corrected chi connectivity index (χ1v) is 8.55. The molecule has 1 heterocycles. The van der Waals surface area contributed by atoms with Crippen molar-refractivity contribution in [3.8, 4) is 0 Å². The summed E-state index contributed by atoms with van der Waals surface area (Å²) in [4.78, 5) is 24.0. The van der Waals surface area contributed by atoms with Crippen molar-refractivity contribution in [2.75, 3.05) is 6.54 Å². The molecule has 0 saturated heterocycles. The molecule has 5 heteroatoms. The monoisotopic (exact) mass is 309 g/mol. The van der Waals surface area contributed by atoms with Crippen molar-refractivity contribution in [3.05, 3.63) is 22.4 Å². The van der Waals surface area contributed by atoms with E-state index >= 15 is 0 Å². The first-order valence-electron chi connectivity index (χ1n) is 7.67. The summed E-state index contributed by atoms with van der Waals surface area (Å²) in [5, 5.41) is 14.0. The maximum atomic E-state index is 11.8. The van der Waals surface area contributed by atoms with Gasteiger partial charge in [-0.25, -0.2) is 0 Å². The highest BCUT2D eigenvalue weighted by molar-refractivity contribution is 7.09. The highest BCUT2D eigenvalue weighted by Crippen LogP contribution is 2.28. The number of carbonyl (C=O) groups excluding carboxylic acids is 1.